The molecular weight excluding hydrogens is 409 g/mol. The van der Waals surface area contributed by atoms with Crippen molar-refractivity contribution in [3.8, 4) is 5.75 Å². The van der Waals surface area contributed by atoms with Crippen LogP contribution in [0.4, 0.5) is 10.1 Å². The summed E-state index contributed by atoms with van der Waals surface area (Å²) in [5.41, 5.74) is 5.36. The molecule has 2 N–H and O–H groups in total. The normalized spacial score (nSPS) is 11.7. The summed E-state index contributed by atoms with van der Waals surface area (Å²) >= 11 is 0. The van der Waals surface area contributed by atoms with E-state index in [-0.39, 0.29) is 5.69 Å². The summed E-state index contributed by atoms with van der Waals surface area (Å²) in [6.45, 7) is 3.92. The van der Waals surface area contributed by atoms with Gasteiger partial charge in [0.05, 0.1) is 11.9 Å². The molecule has 0 aliphatic carbocycles. The summed E-state index contributed by atoms with van der Waals surface area (Å²) in [5.74, 6) is -2.14. The summed E-state index contributed by atoms with van der Waals surface area (Å²) < 4.78 is 19.4. The largest absolute Gasteiger partial charge is 0.489 e. The first kappa shape index (κ1) is 22.7. The molecule has 0 heterocycles. The second-order valence-electron chi connectivity index (χ2n) is 7.27. The number of amides is 2. The van der Waals surface area contributed by atoms with Crippen LogP contribution in [0.25, 0.3) is 0 Å². The van der Waals surface area contributed by atoms with Gasteiger partial charge >= 0.3 is 0 Å². The molecule has 6 nitrogen and oxygen atoms in total. The lowest BCUT2D eigenvalue weighted by Crippen LogP contribution is -2.34. The van der Waals surface area contributed by atoms with Crippen LogP contribution in [0.2, 0.25) is 0 Å². The van der Waals surface area contributed by atoms with Crippen LogP contribution in [0.3, 0.4) is 0 Å². The van der Waals surface area contributed by atoms with Gasteiger partial charge in [0.25, 0.3) is 5.91 Å². The number of halogens is 1. The lowest BCUT2D eigenvalue weighted by atomic mass is 10.1. The summed E-state index contributed by atoms with van der Waals surface area (Å²) in [7, 11) is 0. The maximum Gasteiger partial charge on any atom is 0.252 e. The molecule has 0 fully saturated rings. The predicted molar refractivity (Wildman–Crippen MR) is 122 cm³/mol. The summed E-state index contributed by atoms with van der Waals surface area (Å²) in [6.07, 6.45) is 1.46. The van der Waals surface area contributed by atoms with Crippen molar-refractivity contribution < 1.29 is 18.7 Å². The number of anilines is 1. The van der Waals surface area contributed by atoms with E-state index in [1.165, 1.54) is 36.9 Å². The Bertz CT molecular complexity index is 1110. The van der Waals surface area contributed by atoms with Crippen LogP contribution in [0.15, 0.2) is 77.9 Å². The molecule has 0 aliphatic rings. The molecule has 3 aromatic rings. The molecule has 0 spiro atoms. The van der Waals surface area contributed by atoms with E-state index < -0.39 is 23.5 Å². The standard InChI is InChI=1S/C25H24FN3O3/c1-17-6-5-7-20(14-17)16-32-21-12-10-19(11-13-21)15-27-29-25(31)18(2)24(30)28-23-9-4-3-8-22(23)26/h3-15,18H,16H2,1-2H3,(H,28,30)(H,29,31). The first-order valence-electron chi connectivity index (χ1n) is 10.1. The van der Waals surface area contributed by atoms with Gasteiger partial charge in [0.2, 0.25) is 5.91 Å². The number of hydrogen-bond donors (Lipinski definition) is 2. The molecule has 0 saturated heterocycles. The van der Waals surface area contributed by atoms with Gasteiger partial charge in [-0.25, -0.2) is 9.82 Å². The molecule has 0 saturated carbocycles. The molecule has 2 amide bonds. The van der Waals surface area contributed by atoms with E-state index in [0.29, 0.717) is 12.4 Å². The fourth-order valence-corrected chi connectivity index (χ4v) is 2.81. The van der Waals surface area contributed by atoms with Crippen LogP contribution >= 0.6 is 0 Å². The highest BCUT2D eigenvalue weighted by Gasteiger charge is 2.22. The zero-order chi connectivity index (χ0) is 22.9. The van der Waals surface area contributed by atoms with Gasteiger partial charge in [-0.05, 0) is 61.4 Å². The van der Waals surface area contributed by atoms with Crippen LogP contribution in [0.1, 0.15) is 23.6 Å². The SMILES string of the molecule is Cc1cccc(COc2ccc(C=NNC(=O)C(C)C(=O)Nc3ccccc3F)cc2)c1. The summed E-state index contributed by atoms with van der Waals surface area (Å²) in [6, 6.07) is 21.1. The Morgan fingerprint density at radius 1 is 1.03 bits per heavy atom. The fraction of sp³-hybridized carbons (Fsp3) is 0.160. The molecule has 1 atom stereocenters. The molecule has 0 aromatic heterocycles. The second-order valence-corrected chi connectivity index (χ2v) is 7.27. The van der Waals surface area contributed by atoms with Crippen molar-refractivity contribution in [2.75, 3.05) is 5.32 Å². The van der Waals surface area contributed by atoms with E-state index in [9.17, 15) is 14.0 Å². The lowest BCUT2D eigenvalue weighted by molar-refractivity contribution is -0.131. The first-order chi connectivity index (χ1) is 15.4. The Morgan fingerprint density at radius 3 is 2.50 bits per heavy atom. The van der Waals surface area contributed by atoms with E-state index in [2.05, 4.69) is 21.9 Å². The van der Waals surface area contributed by atoms with Crippen molar-refractivity contribution in [3.05, 3.63) is 95.3 Å². The molecule has 0 radical (unpaired) electrons. The highest BCUT2D eigenvalue weighted by atomic mass is 19.1. The molecular formula is C25H24FN3O3. The second kappa shape index (κ2) is 10.9. The number of aryl methyl sites for hydroxylation is 1. The van der Waals surface area contributed by atoms with Crippen molar-refractivity contribution in [2.24, 2.45) is 11.0 Å². The van der Waals surface area contributed by atoms with Gasteiger partial charge in [0.1, 0.15) is 24.1 Å². The smallest absolute Gasteiger partial charge is 0.252 e. The third-order valence-electron chi connectivity index (χ3n) is 4.67. The third kappa shape index (κ3) is 6.50. The van der Waals surface area contributed by atoms with Gasteiger partial charge in [-0.3, -0.25) is 9.59 Å². The average molecular weight is 433 g/mol. The van der Waals surface area contributed by atoms with E-state index in [1.807, 2.05) is 37.3 Å². The summed E-state index contributed by atoms with van der Waals surface area (Å²) in [4.78, 5) is 24.3. The number of carbonyl (C=O) groups excluding carboxylic acids is 2. The number of hydrogen-bond acceptors (Lipinski definition) is 4. The van der Waals surface area contributed by atoms with E-state index in [4.69, 9.17) is 4.74 Å². The van der Waals surface area contributed by atoms with Crippen molar-refractivity contribution in [3.63, 3.8) is 0 Å². The molecule has 0 bridgehead atoms. The minimum Gasteiger partial charge on any atom is -0.489 e. The molecule has 32 heavy (non-hydrogen) atoms. The molecule has 164 valence electrons. The highest BCUT2D eigenvalue weighted by molar-refractivity contribution is 6.06. The van der Waals surface area contributed by atoms with Gasteiger partial charge < -0.3 is 10.1 Å². The number of carbonyl (C=O) groups is 2. The zero-order valence-electron chi connectivity index (χ0n) is 17.8. The van der Waals surface area contributed by atoms with Crippen LogP contribution < -0.4 is 15.5 Å². The van der Waals surface area contributed by atoms with Crippen LogP contribution in [0.5, 0.6) is 5.75 Å². The van der Waals surface area contributed by atoms with Gasteiger partial charge in [0, 0.05) is 0 Å². The number of hydrazone groups is 1. The molecule has 3 aromatic carbocycles. The molecule has 7 heteroatoms. The minimum atomic E-state index is -1.05. The maximum atomic E-state index is 13.6. The van der Waals surface area contributed by atoms with Crippen LogP contribution in [0, 0.1) is 18.7 Å². The quantitative estimate of drug-likeness (QED) is 0.313. The van der Waals surface area contributed by atoms with E-state index in [0.717, 1.165) is 11.1 Å². The Hall–Kier alpha value is -4.00. The maximum absolute atomic E-state index is 13.6. The third-order valence-corrected chi connectivity index (χ3v) is 4.67. The van der Waals surface area contributed by atoms with Crippen molar-refractivity contribution in [2.45, 2.75) is 20.5 Å². The number of nitrogens with one attached hydrogen (secondary N) is 2. The van der Waals surface area contributed by atoms with Crippen molar-refractivity contribution >= 4 is 23.7 Å². The molecule has 3 rings (SSSR count). The van der Waals surface area contributed by atoms with Gasteiger partial charge in [-0.1, -0.05) is 42.0 Å². The molecule has 1 unspecified atom stereocenters. The predicted octanol–water partition coefficient (Wildman–Crippen LogP) is 4.44. The zero-order valence-corrected chi connectivity index (χ0v) is 17.8. The number of benzene rings is 3. The number of nitrogens with zero attached hydrogens (tertiary/aromatic N) is 1. The number of ether oxygens (including phenoxy) is 1. The number of para-hydroxylation sites is 1. The summed E-state index contributed by atoms with van der Waals surface area (Å²) in [5, 5.41) is 6.27. The minimum absolute atomic E-state index is 0.0189. The highest BCUT2D eigenvalue weighted by Crippen LogP contribution is 2.15. The van der Waals surface area contributed by atoms with E-state index >= 15 is 0 Å². The Labute approximate surface area is 186 Å². The first-order valence-corrected chi connectivity index (χ1v) is 10.1. The van der Waals surface area contributed by atoms with Gasteiger partial charge in [0.15, 0.2) is 0 Å². The van der Waals surface area contributed by atoms with Crippen molar-refractivity contribution in [1.82, 2.24) is 5.43 Å². The Kier molecular flexibility index (Phi) is 7.70. The monoisotopic (exact) mass is 433 g/mol. The number of rotatable bonds is 8. The topological polar surface area (TPSA) is 79.8 Å². The van der Waals surface area contributed by atoms with Gasteiger partial charge in [-0.2, -0.15) is 5.10 Å². The average Bonchev–Trinajstić information content (AvgIpc) is 2.79. The Balaban J connectivity index is 1.47. The molecule has 0 aliphatic heterocycles. The van der Waals surface area contributed by atoms with Crippen LogP contribution in [-0.2, 0) is 16.2 Å². The fourth-order valence-electron chi connectivity index (χ4n) is 2.81. The Morgan fingerprint density at radius 2 is 1.78 bits per heavy atom. The van der Waals surface area contributed by atoms with Crippen LogP contribution in [-0.4, -0.2) is 18.0 Å². The van der Waals surface area contributed by atoms with E-state index in [1.54, 1.807) is 18.2 Å². The lowest BCUT2D eigenvalue weighted by Gasteiger charge is -2.11. The van der Waals surface area contributed by atoms with Crippen molar-refractivity contribution in [1.29, 1.82) is 0 Å². The van der Waals surface area contributed by atoms with Gasteiger partial charge in [-0.15, -0.1) is 0 Å².